The Labute approximate surface area is 110 Å². The van der Waals surface area contributed by atoms with Gasteiger partial charge >= 0.3 is 0 Å². The summed E-state index contributed by atoms with van der Waals surface area (Å²) in [5.41, 5.74) is 1.06. The van der Waals surface area contributed by atoms with Crippen molar-refractivity contribution in [2.45, 2.75) is 11.3 Å². The monoisotopic (exact) mass is 260 g/mol. The molecule has 0 unspecified atom stereocenters. The van der Waals surface area contributed by atoms with E-state index in [9.17, 15) is 9.18 Å². The molecule has 0 saturated carbocycles. The van der Waals surface area contributed by atoms with Crippen LogP contribution in [-0.2, 0) is 6.42 Å². The highest BCUT2D eigenvalue weighted by molar-refractivity contribution is 7.98. The second kappa shape index (κ2) is 5.83. The lowest BCUT2D eigenvalue weighted by Crippen LogP contribution is -2.04. The minimum Gasteiger partial charge on any atom is -0.294 e. The molecule has 0 spiro atoms. The molecule has 0 N–H and O–H groups in total. The molecule has 0 saturated heterocycles. The van der Waals surface area contributed by atoms with Crippen molar-refractivity contribution in [1.82, 2.24) is 0 Å². The summed E-state index contributed by atoms with van der Waals surface area (Å²) in [4.78, 5) is 13.1. The fourth-order valence-corrected chi connectivity index (χ4v) is 2.10. The Kier molecular flexibility index (Phi) is 4.15. The Morgan fingerprint density at radius 1 is 1.11 bits per heavy atom. The Morgan fingerprint density at radius 3 is 2.39 bits per heavy atom. The van der Waals surface area contributed by atoms with Gasteiger partial charge < -0.3 is 0 Å². The van der Waals surface area contributed by atoms with E-state index in [1.54, 1.807) is 42.1 Å². The molecule has 18 heavy (non-hydrogen) atoms. The average Bonchev–Trinajstić information content (AvgIpc) is 2.41. The van der Waals surface area contributed by atoms with Gasteiger partial charge in [-0.25, -0.2) is 4.39 Å². The molecular weight excluding hydrogens is 247 g/mol. The standard InChI is InChI=1S/C15H13FOS/c1-18-13-8-6-11(7-9-13)15(17)10-12-4-2-3-5-14(12)16/h2-9H,10H2,1H3. The van der Waals surface area contributed by atoms with E-state index in [-0.39, 0.29) is 18.0 Å². The Bertz CT molecular complexity index is 549. The molecule has 2 aromatic carbocycles. The van der Waals surface area contributed by atoms with Gasteiger partial charge in [0.2, 0.25) is 0 Å². The summed E-state index contributed by atoms with van der Waals surface area (Å²) in [7, 11) is 0. The largest absolute Gasteiger partial charge is 0.294 e. The first-order chi connectivity index (χ1) is 8.70. The molecule has 3 heteroatoms. The van der Waals surface area contributed by atoms with Crippen LogP contribution in [0.15, 0.2) is 53.4 Å². The zero-order chi connectivity index (χ0) is 13.0. The average molecular weight is 260 g/mol. The van der Waals surface area contributed by atoms with Gasteiger partial charge in [-0.15, -0.1) is 11.8 Å². The first-order valence-electron chi connectivity index (χ1n) is 5.61. The van der Waals surface area contributed by atoms with E-state index in [1.807, 2.05) is 18.4 Å². The van der Waals surface area contributed by atoms with Crippen molar-refractivity contribution in [1.29, 1.82) is 0 Å². The number of carbonyl (C=O) groups is 1. The van der Waals surface area contributed by atoms with Gasteiger partial charge in [0.05, 0.1) is 0 Å². The van der Waals surface area contributed by atoms with Crippen LogP contribution in [0, 0.1) is 5.82 Å². The van der Waals surface area contributed by atoms with Gasteiger partial charge in [-0.1, -0.05) is 30.3 Å². The zero-order valence-corrected chi connectivity index (χ0v) is 10.8. The summed E-state index contributed by atoms with van der Waals surface area (Å²) in [6.45, 7) is 0. The Balaban J connectivity index is 2.14. The van der Waals surface area contributed by atoms with Crippen molar-refractivity contribution in [3.63, 3.8) is 0 Å². The zero-order valence-electron chi connectivity index (χ0n) is 10.0. The second-order valence-electron chi connectivity index (χ2n) is 3.92. The molecule has 1 nitrogen and oxygen atoms in total. The normalized spacial score (nSPS) is 10.3. The number of ketones is 1. The first-order valence-corrected chi connectivity index (χ1v) is 6.84. The molecule has 0 bridgehead atoms. The fraction of sp³-hybridized carbons (Fsp3) is 0.133. The summed E-state index contributed by atoms with van der Waals surface area (Å²) in [5.74, 6) is -0.390. The lowest BCUT2D eigenvalue weighted by molar-refractivity contribution is 0.0992. The van der Waals surface area contributed by atoms with E-state index in [0.29, 0.717) is 11.1 Å². The van der Waals surface area contributed by atoms with Gasteiger partial charge in [0, 0.05) is 16.9 Å². The van der Waals surface area contributed by atoms with Crippen molar-refractivity contribution >= 4 is 17.5 Å². The lowest BCUT2D eigenvalue weighted by atomic mass is 10.0. The van der Waals surface area contributed by atoms with E-state index in [0.717, 1.165) is 4.90 Å². The molecule has 0 radical (unpaired) electrons. The molecule has 2 aromatic rings. The third-order valence-electron chi connectivity index (χ3n) is 2.72. The number of Topliss-reactive ketones (excluding diaryl/α,β-unsaturated/α-hetero) is 1. The highest BCUT2D eigenvalue weighted by atomic mass is 32.2. The molecule has 2 rings (SSSR count). The van der Waals surface area contributed by atoms with Crippen LogP contribution < -0.4 is 0 Å². The number of rotatable bonds is 4. The first kappa shape index (κ1) is 12.8. The van der Waals surface area contributed by atoms with Gasteiger partial charge in [0.25, 0.3) is 0 Å². The fourth-order valence-electron chi connectivity index (χ4n) is 1.69. The van der Waals surface area contributed by atoms with Crippen LogP contribution >= 0.6 is 11.8 Å². The lowest BCUT2D eigenvalue weighted by Gasteiger charge is -2.03. The van der Waals surface area contributed by atoms with Gasteiger partial charge in [0.15, 0.2) is 5.78 Å². The van der Waals surface area contributed by atoms with Crippen molar-refractivity contribution < 1.29 is 9.18 Å². The van der Waals surface area contributed by atoms with Crippen molar-refractivity contribution in [3.8, 4) is 0 Å². The predicted octanol–water partition coefficient (Wildman–Crippen LogP) is 3.97. The van der Waals surface area contributed by atoms with Gasteiger partial charge in [-0.3, -0.25) is 4.79 Å². The molecule has 0 amide bonds. The Hall–Kier alpha value is -1.61. The topological polar surface area (TPSA) is 17.1 Å². The van der Waals surface area contributed by atoms with E-state index in [1.165, 1.54) is 6.07 Å². The van der Waals surface area contributed by atoms with Crippen LogP contribution in [-0.4, -0.2) is 12.0 Å². The van der Waals surface area contributed by atoms with Crippen LogP contribution in [0.2, 0.25) is 0 Å². The van der Waals surface area contributed by atoms with E-state index in [4.69, 9.17) is 0 Å². The highest BCUT2D eigenvalue weighted by Crippen LogP contribution is 2.16. The Morgan fingerprint density at radius 2 is 1.78 bits per heavy atom. The maximum absolute atomic E-state index is 13.4. The minimum atomic E-state index is -0.327. The molecule has 0 heterocycles. The molecule has 0 aliphatic carbocycles. The number of thioether (sulfide) groups is 1. The number of hydrogen-bond donors (Lipinski definition) is 0. The third-order valence-corrected chi connectivity index (χ3v) is 3.46. The van der Waals surface area contributed by atoms with Gasteiger partial charge in [-0.2, -0.15) is 0 Å². The van der Waals surface area contributed by atoms with Crippen molar-refractivity contribution in [2.24, 2.45) is 0 Å². The van der Waals surface area contributed by atoms with E-state index < -0.39 is 0 Å². The van der Waals surface area contributed by atoms with E-state index >= 15 is 0 Å². The summed E-state index contributed by atoms with van der Waals surface area (Å²) in [6, 6.07) is 13.8. The van der Waals surface area contributed by atoms with Gasteiger partial charge in [-0.05, 0) is 30.0 Å². The maximum Gasteiger partial charge on any atom is 0.167 e. The number of benzene rings is 2. The van der Waals surface area contributed by atoms with Crippen LogP contribution in [0.4, 0.5) is 4.39 Å². The molecule has 0 aliphatic rings. The SMILES string of the molecule is CSc1ccc(C(=O)Cc2ccccc2F)cc1. The molecule has 0 fully saturated rings. The highest BCUT2D eigenvalue weighted by Gasteiger charge is 2.09. The third kappa shape index (κ3) is 2.99. The molecule has 92 valence electrons. The molecule has 0 aliphatic heterocycles. The summed E-state index contributed by atoms with van der Waals surface area (Å²) in [6.07, 6.45) is 2.08. The van der Waals surface area contributed by atoms with E-state index in [2.05, 4.69) is 0 Å². The summed E-state index contributed by atoms with van der Waals surface area (Å²) < 4.78 is 13.4. The number of halogens is 1. The van der Waals surface area contributed by atoms with Gasteiger partial charge in [0.1, 0.15) is 5.82 Å². The second-order valence-corrected chi connectivity index (χ2v) is 4.80. The van der Waals surface area contributed by atoms with Crippen molar-refractivity contribution in [2.75, 3.05) is 6.26 Å². The van der Waals surface area contributed by atoms with Crippen LogP contribution in [0.1, 0.15) is 15.9 Å². The van der Waals surface area contributed by atoms with Crippen LogP contribution in [0.5, 0.6) is 0 Å². The quantitative estimate of drug-likeness (QED) is 0.611. The minimum absolute atomic E-state index is 0.0623. The summed E-state index contributed by atoms with van der Waals surface area (Å²) in [5, 5.41) is 0. The number of carbonyl (C=O) groups excluding carboxylic acids is 1. The van der Waals surface area contributed by atoms with Crippen LogP contribution in [0.3, 0.4) is 0 Å². The number of hydrogen-bond acceptors (Lipinski definition) is 2. The molecule has 0 aromatic heterocycles. The molecular formula is C15H13FOS. The molecule has 0 atom stereocenters. The van der Waals surface area contributed by atoms with Crippen LogP contribution in [0.25, 0.3) is 0 Å². The van der Waals surface area contributed by atoms with Crippen molar-refractivity contribution in [3.05, 3.63) is 65.5 Å². The maximum atomic E-state index is 13.4. The predicted molar refractivity (Wildman–Crippen MR) is 72.7 cm³/mol. The smallest absolute Gasteiger partial charge is 0.167 e. The summed E-state index contributed by atoms with van der Waals surface area (Å²) >= 11 is 1.62.